The van der Waals surface area contributed by atoms with E-state index in [1.807, 2.05) is 0 Å². The summed E-state index contributed by atoms with van der Waals surface area (Å²) in [5, 5.41) is 9.94. The van der Waals surface area contributed by atoms with Crippen molar-refractivity contribution >= 4 is 9.84 Å². The van der Waals surface area contributed by atoms with Crippen LogP contribution in [0.4, 0.5) is 0 Å². The summed E-state index contributed by atoms with van der Waals surface area (Å²) in [5.74, 6) is 0. The van der Waals surface area contributed by atoms with Crippen molar-refractivity contribution < 1.29 is 17.9 Å². The van der Waals surface area contributed by atoms with Gasteiger partial charge in [0.05, 0.1) is 22.3 Å². The summed E-state index contributed by atoms with van der Waals surface area (Å²) in [6.45, 7) is 5.11. The quantitative estimate of drug-likeness (QED) is 0.896. The molecule has 0 amide bonds. The molecule has 130 valence electrons. The van der Waals surface area contributed by atoms with Crippen LogP contribution in [0, 0.1) is 6.92 Å². The number of rotatable bonds is 5. The first-order valence-corrected chi connectivity index (χ1v) is 9.52. The largest absolute Gasteiger partial charge is 0.431 e. The van der Waals surface area contributed by atoms with Crippen molar-refractivity contribution in [2.75, 3.05) is 6.26 Å². The molecule has 0 saturated carbocycles. The Kier molecular flexibility index (Phi) is 5.01. The molecular weight excluding hydrogens is 328 g/mol. The van der Waals surface area contributed by atoms with E-state index in [4.69, 9.17) is 4.42 Å². The lowest BCUT2D eigenvalue weighted by atomic mass is 9.94. The fourth-order valence-corrected chi connectivity index (χ4v) is 3.59. The van der Waals surface area contributed by atoms with Gasteiger partial charge in [-0.1, -0.05) is 0 Å². The van der Waals surface area contributed by atoms with Gasteiger partial charge in [0.15, 0.2) is 9.84 Å². The molecule has 0 aliphatic rings. The Morgan fingerprint density at radius 1 is 1.21 bits per heavy atom. The van der Waals surface area contributed by atoms with Crippen molar-refractivity contribution in [3.63, 3.8) is 0 Å². The maximum atomic E-state index is 12.1. The Labute approximate surface area is 141 Å². The molecule has 1 heterocycles. The predicted octanol–water partition coefficient (Wildman–Crippen LogP) is 2.72. The van der Waals surface area contributed by atoms with Crippen LogP contribution >= 0.6 is 0 Å². The van der Waals surface area contributed by atoms with Crippen molar-refractivity contribution in [1.82, 2.24) is 0 Å². The van der Waals surface area contributed by atoms with Crippen LogP contribution in [0.15, 0.2) is 44.6 Å². The normalized spacial score (nSPS) is 12.4. The SMILES string of the molecule is Cc1cc(S(C)(=O)=O)c(CCC(C)(C)O)cc1-c1cccoc1=O. The number of aliphatic hydroxyl groups is 1. The van der Waals surface area contributed by atoms with E-state index in [-0.39, 0.29) is 4.90 Å². The highest BCUT2D eigenvalue weighted by molar-refractivity contribution is 7.90. The van der Waals surface area contributed by atoms with Crippen LogP contribution < -0.4 is 5.63 Å². The van der Waals surface area contributed by atoms with E-state index in [1.165, 1.54) is 6.26 Å². The topological polar surface area (TPSA) is 84.6 Å². The van der Waals surface area contributed by atoms with Gasteiger partial charge in [0, 0.05) is 6.26 Å². The lowest BCUT2D eigenvalue weighted by Gasteiger charge is -2.19. The van der Waals surface area contributed by atoms with Gasteiger partial charge in [0.2, 0.25) is 0 Å². The number of benzene rings is 1. The number of aryl methyl sites for hydroxylation is 2. The summed E-state index contributed by atoms with van der Waals surface area (Å²) >= 11 is 0. The number of sulfone groups is 1. The molecule has 0 aliphatic heterocycles. The minimum absolute atomic E-state index is 0.230. The second-order valence-electron chi connectivity index (χ2n) is 6.67. The van der Waals surface area contributed by atoms with E-state index in [9.17, 15) is 18.3 Å². The van der Waals surface area contributed by atoms with Crippen LogP contribution in [-0.2, 0) is 16.3 Å². The molecule has 2 rings (SSSR count). The van der Waals surface area contributed by atoms with Crippen LogP contribution in [0.5, 0.6) is 0 Å². The van der Waals surface area contributed by atoms with E-state index in [0.717, 1.165) is 6.26 Å². The molecule has 0 unspecified atom stereocenters. The van der Waals surface area contributed by atoms with Crippen molar-refractivity contribution in [1.29, 1.82) is 0 Å². The Hall–Kier alpha value is -1.92. The van der Waals surface area contributed by atoms with Gasteiger partial charge in [-0.05, 0) is 74.6 Å². The second kappa shape index (κ2) is 6.53. The van der Waals surface area contributed by atoms with Crippen molar-refractivity contribution in [3.05, 3.63) is 52.1 Å². The summed E-state index contributed by atoms with van der Waals surface area (Å²) in [7, 11) is -3.42. The Morgan fingerprint density at radius 3 is 2.42 bits per heavy atom. The third kappa shape index (κ3) is 4.33. The summed E-state index contributed by atoms with van der Waals surface area (Å²) in [4.78, 5) is 12.2. The molecule has 1 aromatic heterocycles. The van der Waals surface area contributed by atoms with Gasteiger partial charge in [-0.2, -0.15) is 0 Å². The third-order valence-corrected chi connectivity index (χ3v) is 5.02. The van der Waals surface area contributed by atoms with Gasteiger partial charge in [-0.25, -0.2) is 13.2 Å². The zero-order valence-electron chi connectivity index (χ0n) is 14.3. The van der Waals surface area contributed by atoms with E-state index in [2.05, 4.69) is 0 Å². The average Bonchev–Trinajstić information content (AvgIpc) is 2.44. The second-order valence-corrected chi connectivity index (χ2v) is 8.66. The molecule has 1 N–H and O–H groups in total. The molecule has 0 bridgehead atoms. The highest BCUT2D eigenvalue weighted by Crippen LogP contribution is 2.29. The molecule has 0 saturated heterocycles. The molecule has 24 heavy (non-hydrogen) atoms. The van der Waals surface area contributed by atoms with Gasteiger partial charge < -0.3 is 9.52 Å². The summed E-state index contributed by atoms with van der Waals surface area (Å²) in [5.41, 5.74) is 0.915. The van der Waals surface area contributed by atoms with E-state index < -0.39 is 21.1 Å². The molecule has 0 radical (unpaired) electrons. The molecule has 2 aromatic rings. The first-order valence-electron chi connectivity index (χ1n) is 7.63. The molecule has 0 fully saturated rings. The molecule has 5 nitrogen and oxygen atoms in total. The summed E-state index contributed by atoms with van der Waals surface area (Å²) < 4.78 is 29.1. The summed E-state index contributed by atoms with van der Waals surface area (Å²) in [6, 6.07) is 6.56. The maximum Gasteiger partial charge on any atom is 0.343 e. The Balaban J connectivity index is 2.64. The molecule has 6 heteroatoms. The Bertz CT molecular complexity index is 902. The van der Waals surface area contributed by atoms with Gasteiger partial charge in [-0.3, -0.25) is 0 Å². The zero-order valence-corrected chi connectivity index (χ0v) is 15.1. The van der Waals surface area contributed by atoms with Crippen LogP contribution in [0.1, 0.15) is 31.4 Å². The third-order valence-electron chi connectivity index (χ3n) is 3.84. The van der Waals surface area contributed by atoms with Gasteiger partial charge in [0.25, 0.3) is 0 Å². The minimum Gasteiger partial charge on any atom is -0.431 e. The molecular formula is C18H22O5S. The fraction of sp³-hybridized carbons (Fsp3) is 0.389. The molecule has 0 atom stereocenters. The molecule has 0 aliphatic carbocycles. The first kappa shape index (κ1) is 18.4. The number of hydrogen-bond donors (Lipinski definition) is 1. The van der Waals surface area contributed by atoms with Crippen molar-refractivity contribution in [2.24, 2.45) is 0 Å². The van der Waals surface area contributed by atoms with E-state index in [0.29, 0.717) is 35.1 Å². The highest BCUT2D eigenvalue weighted by atomic mass is 32.2. The van der Waals surface area contributed by atoms with E-state index >= 15 is 0 Å². The van der Waals surface area contributed by atoms with Crippen LogP contribution in [0.2, 0.25) is 0 Å². The van der Waals surface area contributed by atoms with Gasteiger partial charge in [-0.15, -0.1) is 0 Å². The Morgan fingerprint density at radius 2 is 1.88 bits per heavy atom. The first-order chi connectivity index (χ1) is 11.0. The molecule has 1 aromatic carbocycles. The lowest BCUT2D eigenvalue weighted by molar-refractivity contribution is 0.0712. The van der Waals surface area contributed by atoms with E-state index in [1.54, 1.807) is 45.0 Å². The van der Waals surface area contributed by atoms with Crippen LogP contribution in [0.25, 0.3) is 11.1 Å². The zero-order chi connectivity index (χ0) is 18.1. The smallest absolute Gasteiger partial charge is 0.343 e. The van der Waals surface area contributed by atoms with Crippen LogP contribution in [-0.4, -0.2) is 25.4 Å². The standard InChI is InChI=1S/C18H22O5S/c1-12-10-16(24(4,21)22)13(7-8-18(2,3)20)11-15(12)14-6-5-9-23-17(14)19/h5-6,9-11,20H,7-8H2,1-4H3. The summed E-state index contributed by atoms with van der Waals surface area (Å²) in [6.07, 6.45) is 3.26. The maximum absolute atomic E-state index is 12.1. The lowest BCUT2D eigenvalue weighted by Crippen LogP contribution is -2.20. The van der Waals surface area contributed by atoms with Gasteiger partial charge >= 0.3 is 5.63 Å². The van der Waals surface area contributed by atoms with Crippen LogP contribution in [0.3, 0.4) is 0 Å². The average molecular weight is 350 g/mol. The predicted molar refractivity (Wildman–Crippen MR) is 92.9 cm³/mol. The fourth-order valence-electron chi connectivity index (χ4n) is 2.57. The minimum atomic E-state index is -3.42. The number of hydrogen-bond acceptors (Lipinski definition) is 5. The van der Waals surface area contributed by atoms with Gasteiger partial charge in [0.1, 0.15) is 0 Å². The van der Waals surface area contributed by atoms with Crippen molar-refractivity contribution in [2.45, 2.75) is 44.1 Å². The van der Waals surface area contributed by atoms with Crippen molar-refractivity contribution in [3.8, 4) is 11.1 Å². The monoisotopic (exact) mass is 350 g/mol. The molecule has 0 spiro atoms. The highest BCUT2D eigenvalue weighted by Gasteiger charge is 2.20.